The minimum Gasteiger partial charge on any atom is -0.335 e. The van der Waals surface area contributed by atoms with Gasteiger partial charge in [-0.1, -0.05) is 25.3 Å². The molecule has 0 unspecified atom stereocenters. The highest BCUT2D eigenvalue weighted by atomic mass is 32.1. The molecule has 1 aliphatic rings. The summed E-state index contributed by atoms with van der Waals surface area (Å²) in [5, 5.41) is 12.4. The van der Waals surface area contributed by atoms with Crippen LogP contribution < -0.4 is 5.32 Å². The van der Waals surface area contributed by atoms with E-state index in [0.29, 0.717) is 33.9 Å². The molecule has 6 aromatic heterocycles. The first-order valence-corrected chi connectivity index (χ1v) is 13.7. The molecule has 0 radical (unpaired) electrons. The van der Waals surface area contributed by atoms with Gasteiger partial charge in [0.05, 0.1) is 34.5 Å². The quantitative estimate of drug-likeness (QED) is 0.235. The molecule has 6 aromatic rings. The van der Waals surface area contributed by atoms with E-state index in [1.807, 2.05) is 23.6 Å². The molecule has 11 heteroatoms. The fourth-order valence-corrected chi connectivity index (χ4v) is 6.01. The lowest BCUT2D eigenvalue weighted by Crippen LogP contribution is -2.24. The molecule has 0 aromatic carbocycles. The van der Waals surface area contributed by atoms with Crippen LogP contribution in [0.1, 0.15) is 32.1 Å². The van der Waals surface area contributed by atoms with Gasteiger partial charge in [-0.05, 0) is 36.4 Å². The van der Waals surface area contributed by atoms with Crippen molar-refractivity contribution in [2.75, 3.05) is 5.32 Å². The normalized spacial score (nSPS) is 14.3. The third-order valence-electron chi connectivity index (χ3n) is 7.20. The summed E-state index contributed by atoms with van der Waals surface area (Å²) in [5.74, 6) is -0.174. The summed E-state index contributed by atoms with van der Waals surface area (Å²) in [6.07, 6.45) is 11.4. The first-order valence-electron chi connectivity index (χ1n) is 12.8. The van der Waals surface area contributed by atoms with Crippen molar-refractivity contribution in [3.05, 3.63) is 60.3 Å². The first kappa shape index (κ1) is 23.6. The Bertz CT molecular complexity index is 1820. The van der Waals surface area contributed by atoms with Crippen molar-refractivity contribution in [3.8, 4) is 33.2 Å². The Balaban J connectivity index is 1.26. The van der Waals surface area contributed by atoms with Crippen LogP contribution in [-0.4, -0.2) is 41.0 Å². The van der Waals surface area contributed by atoms with Crippen molar-refractivity contribution < 1.29 is 9.18 Å². The van der Waals surface area contributed by atoms with Gasteiger partial charge in [-0.3, -0.25) is 19.9 Å². The van der Waals surface area contributed by atoms with E-state index in [0.717, 1.165) is 41.6 Å². The number of anilines is 1. The molecule has 0 aliphatic heterocycles. The molecule has 9 nitrogen and oxygen atoms in total. The number of fused-ring (bicyclic) bond motifs is 2. The molecule has 1 amide bonds. The number of carbonyl (C=O) groups excluding carboxylic acids is 1. The number of pyridine rings is 3. The molecule has 7 rings (SSSR count). The zero-order chi connectivity index (χ0) is 26.3. The molecule has 1 aliphatic carbocycles. The van der Waals surface area contributed by atoms with E-state index in [1.54, 1.807) is 29.8 Å². The van der Waals surface area contributed by atoms with Crippen LogP contribution in [0.4, 0.5) is 10.1 Å². The highest BCUT2D eigenvalue weighted by molar-refractivity contribution is 7.13. The van der Waals surface area contributed by atoms with Crippen molar-refractivity contribution in [2.45, 2.75) is 32.1 Å². The molecule has 6 heterocycles. The summed E-state index contributed by atoms with van der Waals surface area (Å²) < 4.78 is 16.1. The number of rotatable bonds is 5. The zero-order valence-corrected chi connectivity index (χ0v) is 21.6. The molecule has 0 spiro atoms. The molecule has 194 valence electrons. The number of hydrogen-bond donors (Lipinski definition) is 3. The van der Waals surface area contributed by atoms with Gasteiger partial charge in [0.1, 0.15) is 11.4 Å². The van der Waals surface area contributed by atoms with Crippen LogP contribution >= 0.6 is 11.3 Å². The van der Waals surface area contributed by atoms with E-state index in [9.17, 15) is 4.79 Å². The molecule has 0 saturated heterocycles. The van der Waals surface area contributed by atoms with Crippen molar-refractivity contribution in [1.29, 1.82) is 0 Å². The number of carbonyl (C=O) groups is 1. The highest BCUT2D eigenvalue weighted by Crippen LogP contribution is 2.35. The van der Waals surface area contributed by atoms with Gasteiger partial charge < -0.3 is 10.3 Å². The Labute approximate surface area is 226 Å². The molecule has 3 N–H and O–H groups in total. The molecular formula is C28H23FN8OS. The van der Waals surface area contributed by atoms with Gasteiger partial charge in [0.2, 0.25) is 5.91 Å². The third kappa shape index (κ3) is 4.24. The van der Waals surface area contributed by atoms with Crippen LogP contribution in [0.2, 0.25) is 0 Å². The third-order valence-corrected chi connectivity index (χ3v) is 8.11. The fraction of sp³-hybridized carbons (Fsp3) is 0.214. The van der Waals surface area contributed by atoms with Gasteiger partial charge >= 0.3 is 0 Å². The van der Waals surface area contributed by atoms with Gasteiger partial charge in [-0.15, -0.1) is 11.3 Å². The predicted octanol–water partition coefficient (Wildman–Crippen LogP) is 6.34. The van der Waals surface area contributed by atoms with Gasteiger partial charge in [0.25, 0.3) is 0 Å². The Kier molecular flexibility index (Phi) is 5.85. The number of H-pyrrole nitrogens is 2. The number of nitrogens with one attached hydrogen (secondary N) is 3. The van der Waals surface area contributed by atoms with Gasteiger partial charge in [0, 0.05) is 34.3 Å². The maximum atomic E-state index is 16.1. The first-order chi connectivity index (χ1) is 19.2. The van der Waals surface area contributed by atoms with E-state index >= 15 is 4.39 Å². The average Bonchev–Trinajstić information content (AvgIpc) is 3.73. The number of hydrogen-bond acceptors (Lipinski definition) is 7. The van der Waals surface area contributed by atoms with Crippen LogP contribution in [0.5, 0.6) is 0 Å². The molecular weight excluding hydrogens is 515 g/mol. The van der Waals surface area contributed by atoms with E-state index in [1.165, 1.54) is 18.8 Å². The second-order valence-electron chi connectivity index (χ2n) is 9.69. The standard InChI is InChI=1S/C28H23FN8OS/c29-22-21-19(14-32-23(22)16-11-17(13-30-12-16)33-28(38)15-5-2-1-3-6-15)36-37-25(21)27-34-24-18(20-7-4-10-39-20)8-9-31-26(24)35-27/h4,7-15H,1-3,5-6H2,(H,33,38)(H,36,37)(H,31,34,35). The van der Waals surface area contributed by atoms with Gasteiger partial charge in [0.15, 0.2) is 17.3 Å². The summed E-state index contributed by atoms with van der Waals surface area (Å²) in [6, 6.07) is 7.64. The van der Waals surface area contributed by atoms with Crippen molar-refractivity contribution in [1.82, 2.24) is 35.1 Å². The van der Waals surface area contributed by atoms with Gasteiger partial charge in [-0.25, -0.2) is 14.4 Å². The number of aromatic nitrogens is 7. The van der Waals surface area contributed by atoms with Crippen molar-refractivity contribution >= 4 is 45.0 Å². The summed E-state index contributed by atoms with van der Waals surface area (Å²) in [4.78, 5) is 34.7. The second kappa shape index (κ2) is 9.66. The van der Waals surface area contributed by atoms with Crippen LogP contribution in [-0.2, 0) is 4.79 Å². The average molecular weight is 539 g/mol. The van der Waals surface area contributed by atoms with E-state index in [4.69, 9.17) is 0 Å². The largest absolute Gasteiger partial charge is 0.335 e. The topological polar surface area (TPSA) is 125 Å². The lowest BCUT2D eigenvalue weighted by molar-refractivity contribution is -0.120. The monoisotopic (exact) mass is 538 g/mol. The smallest absolute Gasteiger partial charge is 0.227 e. The predicted molar refractivity (Wildman–Crippen MR) is 148 cm³/mol. The summed E-state index contributed by atoms with van der Waals surface area (Å²) in [6.45, 7) is 0. The minimum atomic E-state index is -0.555. The molecule has 1 fully saturated rings. The molecule has 0 bridgehead atoms. The molecule has 39 heavy (non-hydrogen) atoms. The Morgan fingerprint density at radius 1 is 1.08 bits per heavy atom. The minimum absolute atomic E-state index is 0.000683. The van der Waals surface area contributed by atoms with E-state index in [-0.39, 0.29) is 22.9 Å². The van der Waals surface area contributed by atoms with Crippen LogP contribution in [0.25, 0.3) is 55.3 Å². The van der Waals surface area contributed by atoms with E-state index in [2.05, 4.69) is 40.4 Å². The number of thiophene rings is 1. The maximum Gasteiger partial charge on any atom is 0.227 e. The van der Waals surface area contributed by atoms with Crippen molar-refractivity contribution in [3.63, 3.8) is 0 Å². The number of nitrogens with zero attached hydrogens (tertiary/aromatic N) is 5. The van der Waals surface area contributed by atoms with Crippen LogP contribution in [0.3, 0.4) is 0 Å². The second-order valence-corrected chi connectivity index (χ2v) is 10.6. The van der Waals surface area contributed by atoms with Crippen molar-refractivity contribution in [2.24, 2.45) is 5.92 Å². The van der Waals surface area contributed by atoms with Crippen LogP contribution in [0, 0.1) is 11.7 Å². The lowest BCUT2D eigenvalue weighted by atomic mass is 9.88. The summed E-state index contributed by atoms with van der Waals surface area (Å²) in [7, 11) is 0. The Morgan fingerprint density at radius 2 is 1.97 bits per heavy atom. The number of halogens is 1. The fourth-order valence-electron chi connectivity index (χ4n) is 5.26. The Hall–Kier alpha value is -4.51. The maximum absolute atomic E-state index is 16.1. The zero-order valence-electron chi connectivity index (χ0n) is 20.7. The lowest BCUT2D eigenvalue weighted by Gasteiger charge is -2.20. The SMILES string of the molecule is O=C(Nc1cncc(-c2ncc3[nH]nc(-c4nc5nccc(-c6cccs6)c5[nH]4)c3c2F)c1)C1CCCCC1. The summed E-state index contributed by atoms with van der Waals surface area (Å²) >= 11 is 1.62. The molecule has 1 saturated carbocycles. The number of aromatic amines is 2. The Morgan fingerprint density at radius 3 is 2.82 bits per heavy atom. The van der Waals surface area contributed by atoms with Gasteiger partial charge in [-0.2, -0.15) is 5.10 Å². The summed E-state index contributed by atoms with van der Waals surface area (Å²) in [5.41, 5.74) is 4.09. The highest BCUT2D eigenvalue weighted by Gasteiger charge is 2.23. The molecule has 0 atom stereocenters. The van der Waals surface area contributed by atoms with Crippen LogP contribution in [0.15, 0.2) is 54.4 Å². The number of amides is 1. The number of imidazole rings is 1. The van der Waals surface area contributed by atoms with E-state index < -0.39 is 5.82 Å².